The van der Waals surface area contributed by atoms with E-state index in [1.54, 1.807) is 7.11 Å². The highest BCUT2D eigenvalue weighted by molar-refractivity contribution is 6.99. The van der Waals surface area contributed by atoms with Crippen molar-refractivity contribution in [3.05, 3.63) is 114 Å². The summed E-state index contributed by atoms with van der Waals surface area (Å²) in [5.41, 5.74) is 3.67. The molecule has 292 valence electrons. The molecule has 3 aromatic carbocycles. The third-order valence-corrected chi connectivity index (χ3v) is 22.1. The Kier molecular flexibility index (Phi) is 16.2. The normalized spacial score (nSPS) is 16.7. The SMILES string of the molecule is COc1ccc(CO[C@H](CC#CCO[Si](c2ccccc2)(c2ccccc2)C(C)(C)C)[C@H](C=C[C@@H]2CC(C)=CCO2)O[Si](C(C)C)(C(C)C)C(C)C)cc1. The Hall–Kier alpha value is -3.23. The topological polar surface area (TPSA) is 46.2 Å². The molecule has 0 aliphatic carbocycles. The molecule has 0 aromatic heterocycles. The molecule has 0 fully saturated rings. The molecule has 0 amide bonds. The summed E-state index contributed by atoms with van der Waals surface area (Å²) in [6, 6.07) is 29.6. The standard InChI is InChI=1S/C47H66O5Si2/c1-36(2)53(37(3)4,38(5)6)52-46(30-29-42-34-39(7)31-33-49-42)45(50-35-40-25-27-41(48-11)28-26-40)24-18-19-32-51-54(47(8,9)10,43-20-14-12-15-21-43)44-22-16-13-17-23-44/h12-17,20-23,25-31,36-38,42,45-46H,24,32-35H2,1-11H3/t42-,45-,46+/m1/s1. The minimum absolute atomic E-state index is 0.00231. The summed E-state index contributed by atoms with van der Waals surface area (Å²) < 4.78 is 33.1. The van der Waals surface area contributed by atoms with E-state index < -0.39 is 16.6 Å². The van der Waals surface area contributed by atoms with Gasteiger partial charge in [0.25, 0.3) is 8.32 Å². The Morgan fingerprint density at radius 2 is 1.39 bits per heavy atom. The second-order valence-corrected chi connectivity index (χ2v) is 26.3. The number of rotatable bonds is 17. The number of methoxy groups -OCH3 is 1. The van der Waals surface area contributed by atoms with Crippen LogP contribution in [0.15, 0.2) is 109 Å². The van der Waals surface area contributed by atoms with Crippen LogP contribution >= 0.6 is 0 Å². The average molecular weight is 767 g/mol. The van der Waals surface area contributed by atoms with Gasteiger partial charge in [-0.2, -0.15) is 0 Å². The van der Waals surface area contributed by atoms with Crippen LogP contribution in [0.4, 0.5) is 0 Å². The summed E-state index contributed by atoms with van der Waals surface area (Å²) in [6.07, 6.45) is 7.35. The summed E-state index contributed by atoms with van der Waals surface area (Å²) in [5.74, 6) is 7.81. The molecule has 1 aliphatic rings. The first-order chi connectivity index (χ1) is 25.7. The predicted molar refractivity (Wildman–Crippen MR) is 231 cm³/mol. The summed E-state index contributed by atoms with van der Waals surface area (Å²) in [7, 11) is -3.34. The van der Waals surface area contributed by atoms with Crippen LogP contribution in [0.25, 0.3) is 0 Å². The van der Waals surface area contributed by atoms with Crippen LogP contribution in [0.5, 0.6) is 5.75 Å². The van der Waals surface area contributed by atoms with E-state index in [0.29, 0.717) is 42.9 Å². The lowest BCUT2D eigenvalue weighted by Crippen LogP contribution is -2.66. The Balaban J connectivity index is 1.71. The lowest BCUT2D eigenvalue weighted by Gasteiger charge is -2.45. The Morgan fingerprint density at radius 1 is 0.815 bits per heavy atom. The van der Waals surface area contributed by atoms with Gasteiger partial charge in [0.2, 0.25) is 8.32 Å². The number of benzene rings is 3. The molecule has 1 heterocycles. The van der Waals surface area contributed by atoms with Crippen molar-refractivity contribution in [2.24, 2.45) is 0 Å². The van der Waals surface area contributed by atoms with E-state index in [1.807, 2.05) is 12.1 Å². The van der Waals surface area contributed by atoms with Crippen molar-refractivity contribution in [2.75, 3.05) is 20.3 Å². The summed E-state index contributed by atoms with van der Waals surface area (Å²) in [6.45, 7) is 24.5. The van der Waals surface area contributed by atoms with Crippen LogP contribution in [-0.2, 0) is 24.9 Å². The van der Waals surface area contributed by atoms with Gasteiger partial charge in [-0.1, -0.05) is 171 Å². The summed E-state index contributed by atoms with van der Waals surface area (Å²) >= 11 is 0. The second-order valence-electron chi connectivity index (χ2n) is 16.6. The van der Waals surface area contributed by atoms with E-state index in [-0.39, 0.29) is 23.4 Å². The molecule has 1 aliphatic heterocycles. The first-order valence-corrected chi connectivity index (χ1v) is 23.9. The predicted octanol–water partition coefficient (Wildman–Crippen LogP) is 10.4. The minimum atomic E-state index is -2.72. The van der Waals surface area contributed by atoms with Gasteiger partial charge in [-0.15, -0.1) is 0 Å². The Labute approximate surface area is 329 Å². The largest absolute Gasteiger partial charge is 0.497 e. The van der Waals surface area contributed by atoms with Crippen LogP contribution in [0, 0.1) is 11.8 Å². The van der Waals surface area contributed by atoms with Gasteiger partial charge in [-0.05, 0) is 63.1 Å². The highest BCUT2D eigenvalue weighted by Gasteiger charge is 2.50. The number of ether oxygens (including phenoxy) is 3. The fourth-order valence-corrected chi connectivity index (χ4v) is 18.3. The fourth-order valence-electron chi connectivity index (χ4n) is 8.34. The fraction of sp³-hybridized carbons (Fsp3) is 0.489. The zero-order valence-electron chi connectivity index (χ0n) is 34.9. The van der Waals surface area contributed by atoms with Crippen molar-refractivity contribution >= 4 is 27.0 Å². The molecule has 4 rings (SSSR count). The van der Waals surface area contributed by atoms with Gasteiger partial charge < -0.3 is 23.1 Å². The second kappa shape index (κ2) is 20.1. The summed E-state index contributed by atoms with van der Waals surface area (Å²) in [5, 5.41) is 2.37. The molecule has 0 spiro atoms. The van der Waals surface area contributed by atoms with Crippen molar-refractivity contribution in [3.63, 3.8) is 0 Å². The van der Waals surface area contributed by atoms with Gasteiger partial charge in [0.15, 0.2) is 0 Å². The lowest BCUT2D eigenvalue weighted by molar-refractivity contribution is -0.0203. The van der Waals surface area contributed by atoms with E-state index >= 15 is 0 Å². The monoisotopic (exact) mass is 766 g/mol. The molecule has 0 bridgehead atoms. The molecule has 5 nitrogen and oxygen atoms in total. The summed E-state index contributed by atoms with van der Waals surface area (Å²) in [4.78, 5) is 0. The van der Waals surface area contributed by atoms with Crippen LogP contribution < -0.4 is 15.1 Å². The van der Waals surface area contributed by atoms with Crippen molar-refractivity contribution in [2.45, 2.75) is 129 Å². The molecule has 3 aromatic rings. The van der Waals surface area contributed by atoms with Gasteiger partial charge in [0.05, 0.1) is 45.2 Å². The molecule has 54 heavy (non-hydrogen) atoms. The van der Waals surface area contributed by atoms with E-state index in [1.165, 1.54) is 15.9 Å². The molecule has 0 radical (unpaired) electrons. The Morgan fingerprint density at radius 3 is 1.89 bits per heavy atom. The van der Waals surface area contributed by atoms with Crippen molar-refractivity contribution in [1.29, 1.82) is 0 Å². The molecule has 0 saturated carbocycles. The van der Waals surface area contributed by atoms with Gasteiger partial charge in [-0.3, -0.25) is 0 Å². The molecule has 0 saturated heterocycles. The molecular formula is C47H66O5Si2. The molecular weight excluding hydrogens is 701 g/mol. The molecule has 0 unspecified atom stereocenters. The van der Waals surface area contributed by atoms with E-state index in [4.69, 9.17) is 23.1 Å². The van der Waals surface area contributed by atoms with Crippen molar-refractivity contribution in [1.82, 2.24) is 0 Å². The minimum Gasteiger partial charge on any atom is -0.497 e. The third kappa shape index (κ3) is 10.7. The zero-order chi connectivity index (χ0) is 39.4. The van der Waals surface area contributed by atoms with E-state index in [0.717, 1.165) is 17.7 Å². The molecule has 0 N–H and O–H groups in total. The van der Waals surface area contributed by atoms with E-state index in [2.05, 4.69) is 172 Å². The third-order valence-electron chi connectivity index (χ3n) is 11.0. The van der Waals surface area contributed by atoms with Gasteiger partial charge >= 0.3 is 0 Å². The first-order valence-electron chi connectivity index (χ1n) is 19.8. The molecule has 3 atom stereocenters. The highest BCUT2D eigenvalue weighted by atomic mass is 28.4. The average Bonchev–Trinajstić information content (AvgIpc) is 3.14. The Bertz CT molecular complexity index is 1620. The van der Waals surface area contributed by atoms with Crippen LogP contribution in [-0.4, -0.2) is 55.3 Å². The van der Waals surface area contributed by atoms with Gasteiger partial charge in [0, 0.05) is 6.42 Å². The number of hydrogen-bond donors (Lipinski definition) is 0. The zero-order valence-corrected chi connectivity index (χ0v) is 36.9. The quantitative estimate of drug-likeness (QED) is 0.0778. The molecule has 7 heteroatoms. The maximum Gasteiger partial charge on any atom is 0.262 e. The van der Waals surface area contributed by atoms with Gasteiger partial charge in [0.1, 0.15) is 5.75 Å². The van der Waals surface area contributed by atoms with Crippen molar-refractivity contribution < 1.29 is 23.1 Å². The van der Waals surface area contributed by atoms with E-state index in [9.17, 15) is 0 Å². The lowest BCUT2D eigenvalue weighted by atomic mass is 10.0. The van der Waals surface area contributed by atoms with Crippen LogP contribution in [0.2, 0.25) is 21.7 Å². The van der Waals surface area contributed by atoms with Gasteiger partial charge in [-0.25, -0.2) is 0 Å². The smallest absolute Gasteiger partial charge is 0.262 e. The maximum absolute atomic E-state index is 7.54. The number of hydrogen-bond acceptors (Lipinski definition) is 5. The van der Waals surface area contributed by atoms with Crippen molar-refractivity contribution in [3.8, 4) is 17.6 Å². The van der Waals surface area contributed by atoms with Crippen LogP contribution in [0.1, 0.15) is 87.6 Å². The first kappa shape index (κ1) is 43.5. The van der Waals surface area contributed by atoms with Crippen LogP contribution in [0.3, 0.4) is 0 Å². The highest BCUT2D eigenvalue weighted by Crippen LogP contribution is 2.44. The maximum atomic E-state index is 7.54.